The number of nitrogens with one attached hydrogen (secondary N) is 2. The molecule has 2 N–H and O–H groups in total. The Morgan fingerprint density at radius 1 is 1.25 bits per heavy atom. The SMILES string of the molecule is CC1CC1C(=O)Nc1cccc(C(=O)N2CCCC(N3CCNCC3=O)C2)c1. The van der Waals surface area contributed by atoms with Crippen LogP contribution >= 0.6 is 0 Å². The molecule has 0 bridgehead atoms. The minimum absolute atomic E-state index is 0.0346. The lowest BCUT2D eigenvalue weighted by molar-refractivity contribution is -0.135. The highest BCUT2D eigenvalue weighted by Gasteiger charge is 2.39. The third-order valence-corrected chi connectivity index (χ3v) is 6.07. The van der Waals surface area contributed by atoms with Gasteiger partial charge >= 0.3 is 0 Å². The fourth-order valence-electron chi connectivity index (χ4n) is 4.24. The lowest BCUT2D eigenvalue weighted by Crippen LogP contribution is -2.57. The highest BCUT2D eigenvalue weighted by atomic mass is 16.2. The average Bonchev–Trinajstić information content (AvgIpc) is 3.45. The number of amides is 3. The van der Waals surface area contributed by atoms with E-state index in [-0.39, 0.29) is 29.7 Å². The predicted molar refractivity (Wildman–Crippen MR) is 106 cm³/mol. The molecule has 3 fully saturated rings. The van der Waals surface area contributed by atoms with E-state index in [2.05, 4.69) is 17.6 Å². The van der Waals surface area contributed by atoms with Gasteiger partial charge in [-0.1, -0.05) is 13.0 Å². The predicted octanol–water partition coefficient (Wildman–Crippen LogP) is 1.32. The van der Waals surface area contributed by atoms with Crippen LogP contribution in [0.2, 0.25) is 0 Å². The maximum absolute atomic E-state index is 13.0. The third-order valence-electron chi connectivity index (χ3n) is 6.07. The number of hydrogen-bond donors (Lipinski definition) is 2. The molecular formula is C21H28N4O3. The number of piperazine rings is 1. The average molecular weight is 384 g/mol. The van der Waals surface area contributed by atoms with Crippen molar-refractivity contribution in [3.63, 3.8) is 0 Å². The van der Waals surface area contributed by atoms with Gasteiger partial charge in [0.2, 0.25) is 11.8 Å². The van der Waals surface area contributed by atoms with Crippen molar-refractivity contribution in [2.75, 3.05) is 38.0 Å². The van der Waals surface area contributed by atoms with E-state index in [0.29, 0.717) is 43.3 Å². The summed E-state index contributed by atoms with van der Waals surface area (Å²) in [7, 11) is 0. The largest absolute Gasteiger partial charge is 0.337 e. The van der Waals surface area contributed by atoms with Crippen molar-refractivity contribution in [1.29, 1.82) is 0 Å². The monoisotopic (exact) mass is 384 g/mol. The van der Waals surface area contributed by atoms with Crippen molar-refractivity contribution in [3.05, 3.63) is 29.8 Å². The second-order valence-corrected chi connectivity index (χ2v) is 8.20. The second-order valence-electron chi connectivity index (χ2n) is 8.20. The maximum Gasteiger partial charge on any atom is 0.253 e. The number of nitrogens with zero attached hydrogens (tertiary/aromatic N) is 2. The molecule has 1 aliphatic carbocycles. The van der Waals surface area contributed by atoms with Gasteiger partial charge in [0.15, 0.2) is 0 Å². The van der Waals surface area contributed by atoms with Crippen LogP contribution < -0.4 is 10.6 Å². The van der Waals surface area contributed by atoms with Gasteiger partial charge in [-0.3, -0.25) is 14.4 Å². The van der Waals surface area contributed by atoms with Crippen LogP contribution in [0.25, 0.3) is 0 Å². The topological polar surface area (TPSA) is 81.8 Å². The van der Waals surface area contributed by atoms with Crippen molar-refractivity contribution in [3.8, 4) is 0 Å². The minimum atomic E-state index is -0.0387. The molecule has 1 saturated carbocycles. The molecule has 1 aromatic rings. The van der Waals surface area contributed by atoms with E-state index >= 15 is 0 Å². The number of carbonyl (C=O) groups is 3. The fourth-order valence-corrected chi connectivity index (χ4v) is 4.24. The van der Waals surface area contributed by atoms with E-state index in [4.69, 9.17) is 0 Å². The van der Waals surface area contributed by atoms with Crippen LogP contribution in [0, 0.1) is 11.8 Å². The molecule has 3 aliphatic rings. The number of anilines is 1. The van der Waals surface area contributed by atoms with Crippen molar-refractivity contribution in [1.82, 2.24) is 15.1 Å². The van der Waals surface area contributed by atoms with Crippen molar-refractivity contribution in [2.45, 2.75) is 32.2 Å². The lowest BCUT2D eigenvalue weighted by Gasteiger charge is -2.41. The minimum Gasteiger partial charge on any atom is -0.337 e. The van der Waals surface area contributed by atoms with E-state index in [1.165, 1.54) is 0 Å². The van der Waals surface area contributed by atoms with Gasteiger partial charge in [-0.15, -0.1) is 0 Å². The highest BCUT2D eigenvalue weighted by molar-refractivity contribution is 5.98. The highest BCUT2D eigenvalue weighted by Crippen LogP contribution is 2.38. The first-order chi connectivity index (χ1) is 13.5. The van der Waals surface area contributed by atoms with E-state index in [9.17, 15) is 14.4 Å². The summed E-state index contributed by atoms with van der Waals surface area (Å²) in [5.74, 6) is 0.654. The molecule has 1 aromatic carbocycles. The summed E-state index contributed by atoms with van der Waals surface area (Å²) in [5, 5.41) is 6.02. The Balaban J connectivity index is 1.41. The Labute approximate surface area is 165 Å². The van der Waals surface area contributed by atoms with Crippen molar-refractivity contribution >= 4 is 23.4 Å². The number of hydrogen-bond acceptors (Lipinski definition) is 4. The molecule has 3 amide bonds. The van der Waals surface area contributed by atoms with Crippen LogP contribution in [0.3, 0.4) is 0 Å². The zero-order chi connectivity index (χ0) is 19.7. The van der Waals surface area contributed by atoms with Gasteiger partial charge in [0, 0.05) is 49.4 Å². The number of likely N-dealkylation sites (tertiary alicyclic amines) is 1. The smallest absolute Gasteiger partial charge is 0.253 e. The first-order valence-electron chi connectivity index (χ1n) is 10.2. The first-order valence-corrected chi connectivity index (χ1v) is 10.2. The molecule has 2 aliphatic heterocycles. The van der Waals surface area contributed by atoms with Crippen molar-refractivity contribution in [2.24, 2.45) is 11.8 Å². The molecule has 2 heterocycles. The first kappa shape index (κ1) is 18.9. The Kier molecular flexibility index (Phi) is 5.35. The second kappa shape index (κ2) is 7.91. The summed E-state index contributed by atoms with van der Waals surface area (Å²) in [4.78, 5) is 41.2. The summed E-state index contributed by atoms with van der Waals surface area (Å²) in [6.07, 6.45) is 2.76. The van der Waals surface area contributed by atoms with Gasteiger partial charge in [-0.25, -0.2) is 0 Å². The Morgan fingerprint density at radius 3 is 2.82 bits per heavy atom. The summed E-state index contributed by atoms with van der Waals surface area (Å²) in [6, 6.07) is 7.26. The standard InChI is InChI=1S/C21H28N4O3/c1-14-10-18(14)20(27)23-16-5-2-4-15(11-16)21(28)24-8-3-6-17(13-24)25-9-7-22-12-19(25)26/h2,4-5,11,14,17-18,22H,3,6-10,12-13H2,1H3,(H,23,27). The summed E-state index contributed by atoms with van der Waals surface area (Å²) >= 11 is 0. The van der Waals surface area contributed by atoms with Gasteiger partial charge in [0.25, 0.3) is 5.91 Å². The number of carbonyl (C=O) groups excluding carboxylic acids is 3. The third kappa shape index (κ3) is 4.04. The van der Waals surface area contributed by atoms with Crippen LogP contribution in [0.5, 0.6) is 0 Å². The Bertz CT molecular complexity index is 781. The molecule has 3 atom stereocenters. The van der Waals surface area contributed by atoms with Crippen LogP contribution in [0.1, 0.15) is 36.5 Å². The molecule has 0 spiro atoms. The van der Waals surface area contributed by atoms with Crippen molar-refractivity contribution < 1.29 is 14.4 Å². The van der Waals surface area contributed by atoms with Crippen LogP contribution in [-0.2, 0) is 9.59 Å². The van der Waals surface area contributed by atoms with Crippen LogP contribution in [0.15, 0.2) is 24.3 Å². The van der Waals surface area contributed by atoms with Gasteiger partial charge < -0.3 is 20.4 Å². The summed E-state index contributed by atoms with van der Waals surface area (Å²) < 4.78 is 0. The zero-order valence-corrected chi connectivity index (χ0v) is 16.3. The van der Waals surface area contributed by atoms with E-state index in [0.717, 1.165) is 25.8 Å². The molecule has 150 valence electrons. The van der Waals surface area contributed by atoms with Gasteiger partial charge in [0.05, 0.1) is 6.54 Å². The summed E-state index contributed by atoms with van der Waals surface area (Å²) in [6.45, 7) is 5.22. The van der Waals surface area contributed by atoms with Crippen LogP contribution in [-0.4, -0.2) is 66.3 Å². The molecule has 2 saturated heterocycles. The fraction of sp³-hybridized carbons (Fsp3) is 0.571. The molecule has 0 aromatic heterocycles. The van der Waals surface area contributed by atoms with E-state index in [1.54, 1.807) is 18.2 Å². The normalized spacial score (nSPS) is 27.5. The molecule has 7 nitrogen and oxygen atoms in total. The maximum atomic E-state index is 13.0. The Hall–Kier alpha value is -2.41. The lowest BCUT2D eigenvalue weighted by atomic mass is 10.0. The van der Waals surface area contributed by atoms with E-state index < -0.39 is 0 Å². The number of rotatable bonds is 4. The van der Waals surface area contributed by atoms with Gasteiger partial charge in [-0.05, 0) is 43.4 Å². The van der Waals surface area contributed by atoms with Gasteiger partial charge in [-0.2, -0.15) is 0 Å². The summed E-state index contributed by atoms with van der Waals surface area (Å²) in [5.41, 5.74) is 1.25. The molecule has 3 unspecified atom stereocenters. The van der Waals surface area contributed by atoms with Crippen LogP contribution in [0.4, 0.5) is 5.69 Å². The molecular weight excluding hydrogens is 356 g/mol. The van der Waals surface area contributed by atoms with E-state index in [1.807, 2.05) is 15.9 Å². The Morgan fingerprint density at radius 2 is 2.07 bits per heavy atom. The molecule has 28 heavy (non-hydrogen) atoms. The molecule has 7 heteroatoms. The number of piperidine rings is 1. The molecule has 0 radical (unpaired) electrons. The van der Waals surface area contributed by atoms with Gasteiger partial charge in [0.1, 0.15) is 0 Å². The quantitative estimate of drug-likeness (QED) is 0.820. The zero-order valence-electron chi connectivity index (χ0n) is 16.3. The number of benzene rings is 1. The molecule has 4 rings (SSSR count).